The van der Waals surface area contributed by atoms with E-state index in [1.807, 2.05) is 0 Å². The number of rotatable bonds is 4. The number of nitrogens with zero attached hydrogens (tertiary/aromatic N) is 4. The highest BCUT2D eigenvalue weighted by Crippen LogP contribution is 2.20. The SMILES string of the molecule is Cn1c(=O)oc2cc(NC(=O)NCC3CCCN(c4ncccn4)C3)ccc21. The second kappa shape index (κ2) is 7.71. The summed E-state index contributed by atoms with van der Waals surface area (Å²) >= 11 is 0. The molecule has 1 saturated heterocycles. The average molecular weight is 382 g/mol. The van der Waals surface area contributed by atoms with E-state index in [1.165, 1.54) is 4.57 Å². The predicted octanol–water partition coefficient (Wildman–Crippen LogP) is 1.96. The van der Waals surface area contributed by atoms with Gasteiger partial charge in [0, 0.05) is 50.8 Å². The van der Waals surface area contributed by atoms with Crippen LogP contribution in [-0.4, -0.2) is 40.2 Å². The number of fused-ring (bicyclic) bond motifs is 1. The van der Waals surface area contributed by atoms with Gasteiger partial charge in [0.2, 0.25) is 5.95 Å². The summed E-state index contributed by atoms with van der Waals surface area (Å²) in [7, 11) is 1.64. The lowest BCUT2D eigenvalue weighted by molar-refractivity contribution is 0.249. The van der Waals surface area contributed by atoms with E-state index in [4.69, 9.17) is 4.42 Å². The van der Waals surface area contributed by atoms with Crippen molar-refractivity contribution in [2.24, 2.45) is 13.0 Å². The minimum Gasteiger partial charge on any atom is -0.408 e. The standard InChI is InChI=1S/C19H22N6O3/c1-24-15-6-5-14(10-16(15)28-19(24)27)23-18(26)22-11-13-4-2-9-25(12-13)17-20-7-3-8-21-17/h3,5-8,10,13H,2,4,9,11-12H2,1H3,(H2,22,23,26). The van der Waals surface area contributed by atoms with Gasteiger partial charge in [-0.25, -0.2) is 19.6 Å². The van der Waals surface area contributed by atoms with Crippen molar-refractivity contribution >= 4 is 28.8 Å². The third-order valence-electron chi connectivity index (χ3n) is 4.96. The van der Waals surface area contributed by atoms with Crippen LogP contribution in [-0.2, 0) is 7.05 Å². The van der Waals surface area contributed by atoms with Crippen molar-refractivity contribution in [3.05, 3.63) is 47.2 Å². The molecule has 9 nitrogen and oxygen atoms in total. The fourth-order valence-corrected chi connectivity index (χ4v) is 3.49. The first-order chi connectivity index (χ1) is 13.6. The normalized spacial score (nSPS) is 16.9. The minimum atomic E-state index is -0.430. The molecule has 2 amide bonds. The summed E-state index contributed by atoms with van der Waals surface area (Å²) in [6.45, 7) is 2.30. The first-order valence-corrected chi connectivity index (χ1v) is 9.26. The molecule has 2 N–H and O–H groups in total. The molecule has 1 aromatic carbocycles. The Morgan fingerprint density at radius 2 is 2.14 bits per heavy atom. The molecule has 4 rings (SSSR count). The molecule has 3 heterocycles. The van der Waals surface area contributed by atoms with Crippen molar-refractivity contribution in [1.82, 2.24) is 19.9 Å². The van der Waals surface area contributed by atoms with Crippen LogP contribution in [0.4, 0.5) is 16.4 Å². The van der Waals surface area contributed by atoms with E-state index in [2.05, 4.69) is 25.5 Å². The first kappa shape index (κ1) is 18.0. The molecule has 9 heteroatoms. The van der Waals surface area contributed by atoms with Crippen molar-refractivity contribution in [3.8, 4) is 0 Å². The molecule has 1 fully saturated rings. The smallest absolute Gasteiger partial charge is 0.408 e. The van der Waals surface area contributed by atoms with Crippen molar-refractivity contribution in [1.29, 1.82) is 0 Å². The van der Waals surface area contributed by atoms with Crippen molar-refractivity contribution in [3.63, 3.8) is 0 Å². The predicted molar refractivity (Wildman–Crippen MR) is 105 cm³/mol. The largest absolute Gasteiger partial charge is 0.419 e. The van der Waals surface area contributed by atoms with E-state index in [9.17, 15) is 9.59 Å². The van der Waals surface area contributed by atoms with Crippen LogP contribution < -0.4 is 21.3 Å². The van der Waals surface area contributed by atoms with Crippen LogP contribution in [0.15, 0.2) is 45.9 Å². The number of carbonyl (C=O) groups excluding carboxylic acids is 1. The zero-order chi connectivity index (χ0) is 19.5. The topological polar surface area (TPSA) is 105 Å². The van der Waals surface area contributed by atoms with Gasteiger partial charge in [-0.1, -0.05) is 0 Å². The first-order valence-electron chi connectivity index (χ1n) is 9.26. The number of oxazole rings is 1. The molecule has 146 valence electrons. The summed E-state index contributed by atoms with van der Waals surface area (Å²) in [6.07, 6.45) is 5.56. The van der Waals surface area contributed by atoms with Gasteiger partial charge in [0.1, 0.15) is 0 Å². The van der Waals surface area contributed by atoms with Gasteiger partial charge in [0.25, 0.3) is 0 Å². The number of amides is 2. The highest BCUT2D eigenvalue weighted by molar-refractivity contribution is 5.91. The van der Waals surface area contributed by atoms with Gasteiger partial charge in [-0.15, -0.1) is 0 Å². The van der Waals surface area contributed by atoms with Crippen molar-refractivity contribution in [2.45, 2.75) is 12.8 Å². The Labute approximate surface area is 161 Å². The van der Waals surface area contributed by atoms with Gasteiger partial charge in [-0.3, -0.25) is 4.57 Å². The lowest BCUT2D eigenvalue weighted by Gasteiger charge is -2.32. The number of piperidine rings is 1. The summed E-state index contributed by atoms with van der Waals surface area (Å²) in [5.74, 6) is 0.632. The third-order valence-corrected chi connectivity index (χ3v) is 4.96. The van der Waals surface area contributed by atoms with Crippen molar-refractivity contribution < 1.29 is 9.21 Å². The number of aryl methyl sites for hydroxylation is 1. The van der Waals surface area contributed by atoms with Gasteiger partial charge >= 0.3 is 11.8 Å². The van der Waals surface area contributed by atoms with Crippen LogP contribution >= 0.6 is 0 Å². The Bertz CT molecular complexity index is 1030. The number of aromatic nitrogens is 3. The average Bonchev–Trinajstić information content (AvgIpc) is 3.00. The summed E-state index contributed by atoms with van der Waals surface area (Å²) in [4.78, 5) is 34.6. The van der Waals surface area contributed by atoms with Gasteiger partial charge in [-0.2, -0.15) is 0 Å². The molecule has 2 aromatic heterocycles. The molecule has 0 bridgehead atoms. The molecule has 1 unspecified atom stereocenters. The fourth-order valence-electron chi connectivity index (χ4n) is 3.49. The number of nitrogens with one attached hydrogen (secondary N) is 2. The van der Waals surface area contributed by atoms with E-state index >= 15 is 0 Å². The second-order valence-corrected chi connectivity index (χ2v) is 6.95. The molecule has 1 aliphatic heterocycles. The number of urea groups is 1. The maximum atomic E-state index is 12.3. The Morgan fingerprint density at radius 3 is 2.96 bits per heavy atom. The number of benzene rings is 1. The maximum absolute atomic E-state index is 12.3. The number of hydrogen-bond acceptors (Lipinski definition) is 6. The Kier molecular flexibility index (Phi) is 4.96. The molecular formula is C19H22N6O3. The molecule has 0 saturated carbocycles. The molecule has 1 aliphatic rings. The van der Waals surface area contributed by atoms with Crippen LogP contribution in [0.5, 0.6) is 0 Å². The van der Waals surface area contributed by atoms with Gasteiger partial charge in [-0.05, 0) is 37.0 Å². The zero-order valence-electron chi connectivity index (χ0n) is 15.6. The quantitative estimate of drug-likeness (QED) is 0.715. The van der Waals surface area contributed by atoms with E-state index in [0.29, 0.717) is 29.2 Å². The zero-order valence-corrected chi connectivity index (χ0v) is 15.6. The Balaban J connectivity index is 1.32. The van der Waals surface area contributed by atoms with E-state index in [0.717, 1.165) is 31.9 Å². The highest BCUT2D eigenvalue weighted by atomic mass is 16.4. The van der Waals surface area contributed by atoms with Gasteiger partial charge in [0.05, 0.1) is 5.52 Å². The van der Waals surface area contributed by atoms with Crippen molar-refractivity contribution in [2.75, 3.05) is 29.9 Å². The molecule has 3 aromatic rings. The summed E-state index contributed by atoms with van der Waals surface area (Å²) in [5.41, 5.74) is 1.69. The van der Waals surface area contributed by atoms with Gasteiger partial charge < -0.3 is 20.0 Å². The van der Waals surface area contributed by atoms with Gasteiger partial charge in [0.15, 0.2) is 5.58 Å². The lowest BCUT2D eigenvalue weighted by atomic mass is 9.98. The highest BCUT2D eigenvalue weighted by Gasteiger charge is 2.22. The molecule has 0 radical (unpaired) electrons. The van der Waals surface area contributed by atoms with E-state index < -0.39 is 5.76 Å². The monoisotopic (exact) mass is 382 g/mol. The van der Waals surface area contributed by atoms with Crippen LogP contribution in [0, 0.1) is 5.92 Å². The maximum Gasteiger partial charge on any atom is 0.419 e. The summed E-state index contributed by atoms with van der Waals surface area (Å²) < 4.78 is 6.57. The van der Waals surface area contributed by atoms with E-state index in [1.54, 1.807) is 43.7 Å². The van der Waals surface area contributed by atoms with E-state index in [-0.39, 0.29) is 6.03 Å². The Morgan fingerprint density at radius 1 is 1.32 bits per heavy atom. The van der Waals surface area contributed by atoms with Crippen LogP contribution in [0.2, 0.25) is 0 Å². The minimum absolute atomic E-state index is 0.286. The third kappa shape index (κ3) is 3.83. The molecule has 0 spiro atoms. The molecule has 1 atom stereocenters. The number of hydrogen-bond donors (Lipinski definition) is 2. The molecule has 0 aliphatic carbocycles. The van der Waals surface area contributed by atoms with Crippen LogP contribution in [0.1, 0.15) is 12.8 Å². The van der Waals surface area contributed by atoms with Crippen LogP contribution in [0.3, 0.4) is 0 Å². The number of anilines is 2. The molecular weight excluding hydrogens is 360 g/mol. The number of carbonyl (C=O) groups is 1. The van der Waals surface area contributed by atoms with Crippen LogP contribution in [0.25, 0.3) is 11.1 Å². The molecule has 28 heavy (non-hydrogen) atoms. The fraction of sp³-hybridized carbons (Fsp3) is 0.368. The Hall–Kier alpha value is -3.36. The second-order valence-electron chi connectivity index (χ2n) is 6.95. The lowest BCUT2D eigenvalue weighted by Crippen LogP contribution is -2.42. The summed E-state index contributed by atoms with van der Waals surface area (Å²) in [5, 5.41) is 5.71. The summed E-state index contributed by atoms with van der Waals surface area (Å²) in [6, 6.07) is 6.65.